The highest BCUT2D eigenvalue weighted by Gasteiger charge is 2.13. The molecule has 0 aliphatic carbocycles. The molecule has 1 unspecified atom stereocenters. The first-order chi connectivity index (χ1) is 9.02. The van der Waals surface area contributed by atoms with Crippen molar-refractivity contribution in [2.24, 2.45) is 12.8 Å². The first-order valence-corrected chi connectivity index (χ1v) is 6.19. The number of rotatable bonds is 4. The number of anilines is 1. The summed E-state index contributed by atoms with van der Waals surface area (Å²) < 4.78 is 6.40. The number of benzene rings is 1. The van der Waals surface area contributed by atoms with Crippen molar-refractivity contribution in [2.45, 2.75) is 25.8 Å². The second-order valence-corrected chi connectivity index (χ2v) is 4.49. The van der Waals surface area contributed by atoms with Gasteiger partial charge in [-0.25, -0.2) is 4.79 Å². The summed E-state index contributed by atoms with van der Waals surface area (Å²) in [5.41, 5.74) is 7.45. The van der Waals surface area contributed by atoms with E-state index in [4.69, 9.17) is 10.2 Å². The minimum Gasteiger partial charge on any atom is -0.408 e. The maximum atomic E-state index is 11.8. The Morgan fingerprint density at radius 1 is 1.50 bits per heavy atom. The fourth-order valence-corrected chi connectivity index (χ4v) is 1.88. The van der Waals surface area contributed by atoms with Crippen LogP contribution in [0.25, 0.3) is 11.1 Å². The Hall–Kier alpha value is -1.79. The normalized spacial score (nSPS) is 11.9. The van der Waals surface area contributed by atoms with E-state index < -0.39 is 11.8 Å². The molecule has 0 spiro atoms. The third-order valence-corrected chi connectivity index (χ3v) is 3.00. The molecule has 1 amide bonds. The molecule has 2 rings (SSSR count). The third kappa shape index (κ3) is 3.20. The summed E-state index contributed by atoms with van der Waals surface area (Å²) >= 11 is 0. The van der Waals surface area contributed by atoms with Crippen molar-refractivity contribution in [3.63, 3.8) is 0 Å². The van der Waals surface area contributed by atoms with Crippen LogP contribution < -0.4 is 16.8 Å². The van der Waals surface area contributed by atoms with Gasteiger partial charge >= 0.3 is 5.76 Å². The molecule has 0 radical (unpaired) electrons. The highest BCUT2D eigenvalue weighted by atomic mass is 35.5. The number of amides is 1. The van der Waals surface area contributed by atoms with Gasteiger partial charge in [0.15, 0.2) is 5.58 Å². The summed E-state index contributed by atoms with van der Waals surface area (Å²) in [6.07, 6.45) is 1.49. The number of hydrogen-bond donors (Lipinski definition) is 2. The van der Waals surface area contributed by atoms with Crippen LogP contribution in [-0.4, -0.2) is 16.5 Å². The number of halogens is 1. The number of fused-ring (bicyclic) bond motifs is 1. The van der Waals surface area contributed by atoms with Gasteiger partial charge in [-0.05, 0) is 24.6 Å². The fraction of sp³-hybridized carbons (Fsp3) is 0.385. The quantitative estimate of drug-likeness (QED) is 0.897. The number of hydrogen-bond acceptors (Lipinski definition) is 4. The van der Waals surface area contributed by atoms with Crippen molar-refractivity contribution < 1.29 is 9.21 Å². The second kappa shape index (κ2) is 6.58. The molecule has 0 aliphatic heterocycles. The lowest BCUT2D eigenvalue weighted by Gasteiger charge is -2.11. The number of nitrogens with two attached hydrogens (primary N) is 1. The lowest BCUT2D eigenvalue weighted by molar-refractivity contribution is -0.117. The van der Waals surface area contributed by atoms with Crippen LogP contribution in [0.1, 0.15) is 19.8 Å². The lowest BCUT2D eigenvalue weighted by Crippen LogP contribution is -2.35. The van der Waals surface area contributed by atoms with Crippen LogP contribution in [0.15, 0.2) is 27.4 Å². The zero-order valence-electron chi connectivity index (χ0n) is 11.4. The standard InChI is InChI=1S/C13H17N3O3.ClH/c1-3-4-9(14)12(17)15-8-5-6-11-10(7-8)16(2)13(18)19-11;/h5-7,9H,3-4,14H2,1-2H3,(H,15,17);1H. The first-order valence-electron chi connectivity index (χ1n) is 6.19. The molecule has 6 nitrogen and oxygen atoms in total. The molecule has 0 bridgehead atoms. The van der Waals surface area contributed by atoms with E-state index in [9.17, 15) is 9.59 Å². The van der Waals surface area contributed by atoms with Crippen LogP contribution in [-0.2, 0) is 11.8 Å². The number of nitrogens with one attached hydrogen (secondary N) is 1. The first kappa shape index (κ1) is 16.3. The van der Waals surface area contributed by atoms with E-state index >= 15 is 0 Å². The van der Waals surface area contributed by atoms with Crippen LogP contribution in [0.2, 0.25) is 0 Å². The maximum absolute atomic E-state index is 11.8. The van der Waals surface area contributed by atoms with Gasteiger partial charge in [0, 0.05) is 12.7 Å². The molecular weight excluding hydrogens is 282 g/mol. The molecule has 0 saturated carbocycles. The molecule has 3 N–H and O–H groups in total. The van der Waals surface area contributed by atoms with E-state index in [1.165, 1.54) is 4.57 Å². The van der Waals surface area contributed by atoms with E-state index in [2.05, 4.69) is 5.32 Å². The third-order valence-electron chi connectivity index (χ3n) is 3.00. The molecule has 2 aromatic rings. The van der Waals surface area contributed by atoms with Crippen molar-refractivity contribution >= 4 is 35.1 Å². The minimum absolute atomic E-state index is 0. The average molecular weight is 300 g/mol. The highest BCUT2D eigenvalue weighted by Crippen LogP contribution is 2.18. The van der Waals surface area contributed by atoms with Crippen LogP contribution in [0.5, 0.6) is 0 Å². The van der Waals surface area contributed by atoms with Gasteiger partial charge in [0.05, 0.1) is 11.6 Å². The summed E-state index contributed by atoms with van der Waals surface area (Å²) in [7, 11) is 1.61. The number of carbonyl (C=O) groups is 1. The largest absolute Gasteiger partial charge is 0.419 e. The highest BCUT2D eigenvalue weighted by molar-refractivity contribution is 5.96. The zero-order chi connectivity index (χ0) is 14.0. The fourth-order valence-electron chi connectivity index (χ4n) is 1.88. The summed E-state index contributed by atoms with van der Waals surface area (Å²) in [4.78, 5) is 23.2. The molecule has 20 heavy (non-hydrogen) atoms. The monoisotopic (exact) mass is 299 g/mol. The van der Waals surface area contributed by atoms with Gasteiger partial charge in [0.1, 0.15) is 0 Å². The van der Waals surface area contributed by atoms with Crippen LogP contribution in [0.4, 0.5) is 5.69 Å². The molecule has 7 heteroatoms. The van der Waals surface area contributed by atoms with Crippen molar-refractivity contribution in [3.8, 4) is 0 Å². The molecule has 1 aromatic heterocycles. The Bertz CT molecular complexity index is 662. The lowest BCUT2D eigenvalue weighted by atomic mass is 10.1. The van der Waals surface area contributed by atoms with Gasteiger partial charge in [-0.3, -0.25) is 9.36 Å². The summed E-state index contributed by atoms with van der Waals surface area (Å²) in [6, 6.07) is 4.50. The molecule has 110 valence electrons. The van der Waals surface area contributed by atoms with Gasteiger partial charge in [-0.1, -0.05) is 13.3 Å². The summed E-state index contributed by atoms with van der Waals surface area (Å²) in [5, 5.41) is 2.73. The predicted molar refractivity (Wildman–Crippen MR) is 80.2 cm³/mol. The number of nitrogens with zero attached hydrogens (tertiary/aromatic N) is 1. The van der Waals surface area contributed by atoms with E-state index in [1.807, 2.05) is 6.92 Å². The smallest absolute Gasteiger partial charge is 0.408 e. The van der Waals surface area contributed by atoms with Gasteiger partial charge in [-0.2, -0.15) is 0 Å². The Kier molecular flexibility index (Phi) is 5.35. The molecule has 0 aliphatic rings. The zero-order valence-corrected chi connectivity index (χ0v) is 12.2. The second-order valence-electron chi connectivity index (χ2n) is 4.49. The van der Waals surface area contributed by atoms with Crippen molar-refractivity contribution in [3.05, 3.63) is 28.7 Å². The molecule has 0 fully saturated rings. The van der Waals surface area contributed by atoms with Gasteiger partial charge in [0.25, 0.3) is 0 Å². The van der Waals surface area contributed by atoms with Crippen molar-refractivity contribution in [1.29, 1.82) is 0 Å². The topological polar surface area (TPSA) is 90.3 Å². The van der Waals surface area contributed by atoms with Gasteiger partial charge in [0.2, 0.25) is 5.91 Å². The predicted octanol–water partition coefficient (Wildman–Crippen LogP) is 1.62. The van der Waals surface area contributed by atoms with E-state index in [0.29, 0.717) is 23.2 Å². The number of oxazole rings is 1. The van der Waals surface area contributed by atoms with Crippen molar-refractivity contribution in [2.75, 3.05) is 5.32 Å². The Morgan fingerprint density at radius 2 is 2.20 bits per heavy atom. The Labute approximate surface area is 122 Å². The van der Waals surface area contributed by atoms with Crippen LogP contribution >= 0.6 is 12.4 Å². The number of aryl methyl sites for hydroxylation is 1. The molecular formula is C13H18ClN3O3. The summed E-state index contributed by atoms with van der Waals surface area (Å²) in [6.45, 7) is 1.97. The van der Waals surface area contributed by atoms with Gasteiger partial charge in [-0.15, -0.1) is 12.4 Å². The van der Waals surface area contributed by atoms with E-state index in [-0.39, 0.29) is 18.3 Å². The molecule has 0 saturated heterocycles. The van der Waals surface area contributed by atoms with E-state index in [0.717, 1.165) is 6.42 Å². The average Bonchev–Trinajstić information content (AvgIpc) is 2.66. The molecule has 1 heterocycles. The SMILES string of the molecule is CCCC(N)C(=O)Nc1ccc2oc(=O)n(C)c2c1.Cl. The number of carbonyl (C=O) groups excluding carboxylic acids is 1. The maximum Gasteiger partial charge on any atom is 0.419 e. The van der Waals surface area contributed by atoms with Crippen molar-refractivity contribution in [1.82, 2.24) is 4.57 Å². The van der Waals surface area contributed by atoms with E-state index in [1.54, 1.807) is 25.2 Å². The van der Waals surface area contributed by atoms with Crippen LogP contribution in [0, 0.1) is 0 Å². The number of aromatic nitrogens is 1. The summed E-state index contributed by atoms with van der Waals surface area (Å²) in [5.74, 6) is -0.657. The van der Waals surface area contributed by atoms with Crippen LogP contribution in [0.3, 0.4) is 0 Å². The Morgan fingerprint density at radius 3 is 2.85 bits per heavy atom. The van der Waals surface area contributed by atoms with Gasteiger partial charge < -0.3 is 15.5 Å². The molecule has 1 atom stereocenters. The Balaban J connectivity index is 0.00000200. The molecule has 1 aromatic carbocycles. The minimum atomic E-state index is -0.520.